The molecule has 0 amide bonds. The smallest absolute Gasteiger partial charge is 0.355 e. The van der Waals surface area contributed by atoms with E-state index >= 15 is 0 Å². The Labute approximate surface area is 161 Å². The van der Waals surface area contributed by atoms with Crippen LogP contribution in [-0.2, 0) is 6.42 Å². The highest BCUT2D eigenvalue weighted by molar-refractivity contribution is 8.00. The number of aryl methyl sites for hydroxylation is 1. The Morgan fingerprint density at radius 2 is 2.23 bits per heavy atom. The van der Waals surface area contributed by atoms with Crippen LogP contribution in [0.25, 0.3) is 11.0 Å². The Kier molecular flexibility index (Phi) is 4.51. The van der Waals surface area contributed by atoms with E-state index in [2.05, 4.69) is 19.9 Å². The normalized spacial score (nSPS) is 14.8. The third kappa shape index (κ3) is 3.02. The first-order valence-corrected chi connectivity index (χ1v) is 9.91. The van der Waals surface area contributed by atoms with Gasteiger partial charge in [0.25, 0.3) is 0 Å². The molecule has 1 fully saturated rings. The number of aromatic carboxylic acids is 1. The zero-order chi connectivity index (χ0) is 18.4. The molecule has 8 nitrogen and oxygen atoms in total. The molecular weight excluding hydrogens is 398 g/mol. The second kappa shape index (κ2) is 6.69. The van der Waals surface area contributed by atoms with Gasteiger partial charge in [0.1, 0.15) is 11.5 Å². The standard InChI is InChI=1S/C15H14ClN5O3S2/c1-2-7-10(16)9-11(17-7)19-14(20-12(9)21-3-6(22)4-21)26-15-18-8(5-25-15)13(23)24/h5-6,22H,2-4H2,1H3,(H,23,24)(H,17,19,20). The van der Waals surface area contributed by atoms with Crippen LogP contribution < -0.4 is 4.90 Å². The van der Waals surface area contributed by atoms with Crippen LogP contribution in [-0.4, -0.2) is 55.3 Å². The number of carboxylic acids is 1. The van der Waals surface area contributed by atoms with Crippen molar-refractivity contribution in [1.82, 2.24) is 19.9 Å². The minimum absolute atomic E-state index is 0.000791. The highest BCUT2D eigenvalue weighted by Crippen LogP contribution is 2.38. The van der Waals surface area contributed by atoms with Gasteiger partial charge in [-0.2, -0.15) is 0 Å². The molecule has 0 unspecified atom stereocenters. The molecule has 0 aliphatic carbocycles. The lowest BCUT2D eigenvalue weighted by Gasteiger charge is -2.37. The van der Waals surface area contributed by atoms with Crippen molar-refractivity contribution in [1.29, 1.82) is 0 Å². The van der Waals surface area contributed by atoms with Crippen LogP contribution in [0.15, 0.2) is 14.9 Å². The number of aliphatic hydroxyl groups excluding tert-OH is 1. The van der Waals surface area contributed by atoms with Crippen molar-refractivity contribution in [2.45, 2.75) is 28.9 Å². The molecule has 0 bridgehead atoms. The molecule has 3 N–H and O–H groups in total. The van der Waals surface area contributed by atoms with E-state index in [-0.39, 0.29) is 11.8 Å². The number of hydrogen-bond donors (Lipinski definition) is 3. The molecular formula is C15H14ClN5O3S2. The van der Waals surface area contributed by atoms with Crippen molar-refractivity contribution in [2.75, 3.05) is 18.0 Å². The van der Waals surface area contributed by atoms with E-state index in [4.69, 9.17) is 16.7 Å². The van der Waals surface area contributed by atoms with Gasteiger partial charge in [-0.1, -0.05) is 18.5 Å². The molecule has 1 aliphatic rings. The Bertz CT molecular complexity index is 999. The topological polar surface area (TPSA) is 115 Å². The summed E-state index contributed by atoms with van der Waals surface area (Å²) < 4.78 is 0.546. The van der Waals surface area contributed by atoms with Gasteiger partial charge in [-0.15, -0.1) is 11.3 Å². The number of nitrogens with one attached hydrogen (secondary N) is 1. The lowest BCUT2D eigenvalue weighted by Crippen LogP contribution is -2.51. The van der Waals surface area contributed by atoms with E-state index in [1.807, 2.05) is 11.8 Å². The van der Waals surface area contributed by atoms with Crippen molar-refractivity contribution in [3.63, 3.8) is 0 Å². The summed E-state index contributed by atoms with van der Waals surface area (Å²) in [5.74, 6) is -0.401. The zero-order valence-electron chi connectivity index (χ0n) is 13.6. The van der Waals surface area contributed by atoms with Gasteiger partial charge in [-0.25, -0.2) is 19.7 Å². The molecule has 4 rings (SSSR count). The van der Waals surface area contributed by atoms with E-state index in [1.165, 1.54) is 28.5 Å². The van der Waals surface area contributed by atoms with Crippen LogP contribution in [0.2, 0.25) is 5.02 Å². The number of nitrogens with zero attached hydrogens (tertiary/aromatic N) is 4. The molecule has 0 spiro atoms. The quantitative estimate of drug-likeness (QED) is 0.549. The summed E-state index contributed by atoms with van der Waals surface area (Å²) in [5, 5.41) is 21.9. The number of halogens is 1. The van der Waals surface area contributed by atoms with Crippen LogP contribution in [0.3, 0.4) is 0 Å². The van der Waals surface area contributed by atoms with Crippen LogP contribution in [0.1, 0.15) is 23.1 Å². The van der Waals surface area contributed by atoms with Crippen LogP contribution >= 0.6 is 34.7 Å². The molecule has 4 heterocycles. The third-order valence-corrected chi connectivity index (χ3v) is 6.24. The Morgan fingerprint density at radius 1 is 1.46 bits per heavy atom. The van der Waals surface area contributed by atoms with Crippen molar-refractivity contribution in [3.05, 3.63) is 21.8 Å². The number of hydrogen-bond acceptors (Lipinski definition) is 8. The SMILES string of the molecule is CCc1[nH]c2nc(Sc3nc(C(=O)O)cs3)nc(N3CC(O)C3)c2c1Cl. The minimum atomic E-state index is -1.07. The van der Waals surface area contributed by atoms with Crippen LogP contribution in [0, 0.1) is 0 Å². The summed E-state index contributed by atoms with van der Waals surface area (Å²) in [4.78, 5) is 29.3. The highest BCUT2D eigenvalue weighted by Gasteiger charge is 2.30. The summed E-state index contributed by atoms with van der Waals surface area (Å²) in [6.07, 6.45) is 0.352. The number of rotatable bonds is 5. The fourth-order valence-corrected chi connectivity index (χ4v) is 4.70. The van der Waals surface area contributed by atoms with Gasteiger partial charge in [-0.05, 0) is 18.2 Å². The lowest BCUT2D eigenvalue weighted by molar-refractivity contribution is 0.0691. The van der Waals surface area contributed by atoms with Crippen molar-refractivity contribution < 1.29 is 15.0 Å². The molecule has 1 saturated heterocycles. The average Bonchev–Trinajstić information content (AvgIpc) is 3.16. The number of aromatic nitrogens is 4. The Hall–Kier alpha value is -1.88. The van der Waals surface area contributed by atoms with Gasteiger partial charge >= 0.3 is 5.97 Å². The third-order valence-electron chi connectivity index (χ3n) is 4.02. The second-order valence-corrected chi connectivity index (χ2v) is 8.24. The van der Waals surface area contributed by atoms with Crippen LogP contribution in [0.5, 0.6) is 0 Å². The number of anilines is 1. The largest absolute Gasteiger partial charge is 0.476 e. The van der Waals surface area contributed by atoms with E-state index in [9.17, 15) is 9.90 Å². The number of aliphatic hydroxyl groups is 1. The van der Waals surface area contributed by atoms with Gasteiger partial charge in [0.05, 0.1) is 16.5 Å². The monoisotopic (exact) mass is 411 g/mol. The molecule has 11 heteroatoms. The average molecular weight is 412 g/mol. The van der Waals surface area contributed by atoms with Crippen LogP contribution in [0.4, 0.5) is 5.82 Å². The Balaban J connectivity index is 1.76. The first-order chi connectivity index (χ1) is 12.5. The van der Waals surface area contributed by atoms with Crippen molar-refractivity contribution in [2.24, 2.45) is 0 Å². The number of H-pyrrole nitrogens is 1. The van der Waals surface area contributed by atoms with Gasteiger partial charge in [-0.3, -0.25) is 0 Å². The maximum atomic E-state index is 11.0. The van der Waals surface area contributed by atoms with E-state index < -0.39 is 5.97 Å². The summed E-state index contributed by atoms with van der Waals surface area (Å²) in [7, 11) is 0. The summed E-state index contributed by atoms with van der Waals surface area (Å²) >= 11 is 8.92. The van der Waals surface area contributed by atoms with Crippen molar-refractivity contribution in [3.8, 4) is 0 Å². The van der Waals surface area contributed by atoms with Gasteiger partial charge in [0, 0.05) is 24.2 Å². The van der Waals surface area contributed by atoms with Gasteiger partial charge < -0.3 is 20.1 Å². The number of β-amino-alcohol motifs (C(OH)–C–C–N with tert-alkyl or cyclic N) is 1. The minimum Gasteiger partial charge on any atom is -0.476 e. The summed E-state index contributed by atoms with van der Waals surface area (Å²) in [5.41, 5.74) is 1.50. The molecule has 136 valence electrons. The Morgan fingerprint density at radius 3 is 2.85 bits per heavy atom. The maximum Gasteiger partial charge on any atom is 0.355 e. The fourth-order valence-electron chi connectivity index (χ4n) is 2.70. The zero-order valence-corrected chi connectivity index (χ0v) is 16.0. The maximum absolute atomic E-state index is 11.0. The summed E-state index contributed by atoms with van der Waals surface area (Å²) in [6.45, 7) is 2.97. The molecule has 0 radical (unpaired) electrons. The van der Waals surface area contributed by atoms with Gasteiger partial charge in [0.2, 0.25) is 0 Å². The number of thiazole rings is 1. The number of fused-ring (bicyclic) bond motifs is 1. The predicted molar refractivity (Wildman–Crippen MR) is 99.7 cm³/mol. The molecule has 3 aromatic rings. The number of carbonyl (C=O) groups is 1. The van der Waals surface area contributed by atoms with Gasteiger partial charge in [0.15, 0.2) is 15.2 Å². The molecule has 1 aliphatic heterocycles. The molecule has 0 saturated carbocycles. The predicted octanol–water partition coefficient (Wildman–Crippen LogP) is 2.66. The summed E-state index contributed by atoms with van der Waals surface area (Å²) in [6, 6.07) is 0. The molecule has 26 heavy (non-hydrogen) atoms. The first-order valence-electron chi connectivity index (χ1n) is 7.84. The van der Waals surface area contributed by atoms with E-state index in [1.54, 1.807) is 0 Å². The highest BCUT2D eigenvalue weighted by atomic mass is 35.5. The second-order valence-electron chi connectivity index (χ2n) is 5.79. The first kappa shape index (κ1) is 17.5. The molecule has 0 aromatic carbocycles. The van der Waals surface area contributed by atoms with Crippen molar-refractivity contribution >= 4 is 57.5 Å². The fraction of sp³-hybridized carbons (Fsp3) is 0.333. The van der Waals surface area contributed by atoms with E-state index in [0.29, 0.717) is 39.1 Å². The van der Waals surface area contributed by atoms with E-state index in [0.717, 1.165) is 17.5 Å². The molecule has 3 aromatic heterocycles. The lowest BCUT2D eigenvalue weighted by atomic mass is 10.1. The number of carboxylic acid groups (broad SMARTS) is 1. The molecule has 0 atom stereocenters. The number of aromatic amines is 1.